The number of nitrogens with zero attached hydrogens (tertiary/aromatic N) is 1. The summed E-state index contributed by atoms with van der Waals surface area (Å²) in [7, 11) is 0. The zero-order valence-electron chi connectivity index (χ0n) is 7.84. The van der Waals surface area contributed by atoms with Gasteiger partial charge >= 0.3 is 0 Å². The van der Waals surface area contributed by atoms with Crippen LogP contribution in [0.5, 0.6) is 0 Å². The molecule has 2 nitrogen and oxygen atoms in total. The maximum Gasteiger partial charge on any atom is 0.131 e. The van der Waals surface area contributed by atoms with Crippen LogP contribution in [-0.4, -0.2) is 10.1 Å². The highest BCUT2D eigenvalue weighted by Gasteiger charge is 2.12. The van der Waals surface area contributed by atoms with E-state index in [0.717, 1.165) is 16.3 Å². The Kier molecular flexibility index (Phi) is 2.61. The Labute approximate surface area is 86.9 Å². The quantitative estimate of drug-likeness (QED) is 0.817. The van der Waals surface area contributed by atoms with Gasteiger partial charge in [0.05, 0.1) is 0 Å². The van der Waals surface area contributed by atoms with Crippen molar-refractivity contribution in [2.45, 2.75) is 13.0 Å². The number of aliphatic hydroxyl groups excluding tert-OH is 1. The maximum absolute atomic E-state index is 9.95. The Hall–Kier alpha value is -1.19. The van der Waals surface area contributed by atoms with Crippen LogP contribution in [-0.2, 0) is 0 Å². The van der Waals surface area contributed by atoms with Crippen molar-refractivity contribution in [3.8, 4) is 0 Å². The van der Waals surface area contributed by atoms with E-state index in [4.69, 9.17) is 0 Å². The Morgan fingerprint density at radius 3 is 2.57 bits per heavy atom. The fourth-order valence-electron chi connectivity index (χ4n) is 1.28. The van der Waals surface area contributed by atoms with Crippen LogP contribution in [0.2, 0.25) is 0 Å². The molecular formula is C11H11NOS. The first-order valence-corrected chi connectivity index (χ1v) is 5.30. The van der Waals surface area contributed by atoms with Crippen molar-refractivity contribution in [2.75, 3.05) is 0 Å². The number of hydrogen-bond acceptors (Lipinski definition) is 3. The van der Waals surface area contributed by atoms with Gasteiger partial charge < -0.3 is 5.11 Å². The predicted octanol–water partition coefficient (Wildman–Crippen LogP) is 2.53. The van der Waals surface area contributed by atoms with E-state index in [1.165, 1.54) is 11.3 Å². The lowest BCUT2D eigenvalue weighted by Gasteiger charge is -2.06. The third kappa shape index (κ3) is 1.84. The van der Waals surface area contributed by atoms with E-state index in [9.17, 15) is 5.11 Å². The molecule has 0 spiro atoms. The number of aliphatic hydroxyl groups is 1. The average molecular weight is 205 g/mol. The first-order valence-electron chi connectivity index (χ1n) is 4.42. The molecule has 2 rings (SSSR count). The Morgan fingerprint density at radius 2 is 2.00 bits per heavy atom. The van der Waals surface area contributed by atoms with Gasteiger partial charge in [0.2, 0.25) is 0 Å². The molecule has 2 aromatic rings. The third-order valence-electron chi connectivity index (χ3n) is 1.99. The fourth-order valence-corrected chi connectivity index (χ4v) is 2.08. The van der Waals surface area contributed by atoms with Crippen LogP contribution < -0.4 is 0 Å². The average Bonchev–Trinajstić information content (AvgIpc) is 2.65. The molecule has 72 valence electrons. The van der Waals surface area contributed by atoms with Crippen molar-refractivity contribution in [2.24, 2.45) is 0 Å². The summed E-state index contributed by atoms with van der Waals surface area (Å²) < 4.78 is 0. The molecule has 0 bridgehead atoms. The molecule has 1 N–H and O–H groups in total. The minimum atomic E-state index is -0.588. The Balaban J connectivity index is 2.29. The minimum absolute atomic E-state index is 0.588. The van der Waals surface area contributed by atoms with Gasteiger partial charge in [0, 0.05) is 11.1 Å². The lowest BCUT2D eigenvalue weighted by atomic mass is 10.1. The molecule has 0 fully saturated rings. The summed E-state index contributed by atoms with van der Waals surface area (Å²) in [6.07, 6.45) is -0.588. The molecular weight excluding hydrogens is 194 g/mol. The monoisotopic (exact) mass is 205 g/mol. The van der Waals surface area contributed by atoms with Gasteiger partial charge in [0.1, 0.15) is 11.1 Å². The number of aromatic nitrogens is 1. The highest BCUT2D eigenvalue weighted by Crippen LogP contribution is 2.24. The van der Waals surface area contributed by atoms with Crippen molar-refractivity contribution >= 4 is 11.3 Å². The summed E-state index contributed by atoms with van der Waals surface area (Å²) in [5, 5.41) is 12.7. The smallest absolute Gasteiger partial charge is 0.131 e. The van der Waals surface area contributed by atoms with Crippen molar-refractivity contribution in [3.63, 3.8) is 0 Å². The number of aryl methyl sites for hydroxylation is 1. The van der Waals surface area contributed by atoms with Crippen molar-refractivity contribution in [1.29, 1.82) is 0 Å². The summed E-state index contributed by atoms with van der Waals surface area (Å²) in [5.74, 6) is 0. The second-order valence-electron chi connectivity index (χ2n) is 3.14. The van der Waals surface area contributed by atoms with E-state index in [1.807, 2.05) is 42.6 Å². The molecule has 1 aromatic heterocycles. The van der Waals surface area contributed by atoms with Gasteiger partial charge in [0.25, 0.3) is 0 Å². The van der Waals surface area contributed by atoms with Crippen LogP contribution in [0.25, 0.3) is 0 Å². The van der Waals surface area contributed by atoms with E-state index in [1.54, 1.807) is 0 Å². The van der Waals surface area contributed by atoms with Crippen molar-refractivity contribution in [3.05, 3.63) is 52.0 Å². The summed E-state index contributed by atoms with van der Waals surface area (Å²) in [6, 6.07) is 9.57. The van der Waals surface area contributed by atoms with Gasteiger partial charge in [-0.2, -0.15) is 0 Å². The second-order valence-corrected chi connectivity index (χ2v) is 4.03. The molecule has 3 heteroatoms. The van der Waals surface area contributed by atoms with Gasteiger partial charge in [-0.3, -0.25) is 0 Å². The normalized spacial score (nSPS) is 12.7. The molecule has 0 saturated heterocycles. The van der Waals surface area contributed by atoms with Crippen LogP contribution in [0.4, 0.5) is 0 Å². The van der Waals surface area contributed by atoms with Crippen LogP contribution in [0.3, 0.4) is 0 Å². The van der Waals surface area contributed by atoms with Gasteiger partial charge in [-0.1, -0.05) is 30.3 Å². The summed E-state index contributed by atoms with van der Waals surface area (Å²) in [5.41, 5.74) is 1.85. The van der Waals surface area contributed by atoms with Gasteiger partial charge in [0.15, 0.2) is 0 Å². The third-order valence-corrected chi connectivity index (χ3v) is 3.00. The van der Waals surface area contributed by atoms with Gasteiger partial charge in [-0.25, -0.2) is 4.98 Å². The minimum Gasteiger partial charge on any atom is -0.381 e. The standard InChI is InChI=1S/C11H11NOS/c1-8-7-14-11(12-8)10(13)9-5-3-2-4-6-9/h2-7,10,13H,1H3. The Bertz CT molecular complexity index is 410. The lowest BCUT2D eigenvalue weighted by molar-refractivity contribution is 0.219. The zero-order valence-corrected chi connectivity index (χ0v) is 8.66. The van der Waals surface area contributed by atoms with Crippen molar-refractivity contribution in [1.82, 2.24) is 4.98 Å². The van der Waals surface area contributed by atoms with E-state index >= 15 is 0 Å². The van der Waals surface area contributed by atoms with Crippen molar-refractivity contribution < 1.29 is 5.11 Å². The van der Waals surface area contributed by atoms with Crippen LogP contribution in [0, 0.1) is 6.92 Å². The molecule has 1 heterocycles. The van der Waals surface area contributed by atoms with E-state index in [2.05, 4.69) is 4.98 Å². The molecule has 0 radical (unpaired) electrons. The van der Waals surface area contributed by atoms with E-state index < -0.39 is 6.10 Å². The summed E-state index contributed by atoms with van der Waals surface area (Å²) in [4.78, 5) is 4.26. The van der Waals surface area contributed by atoms with Crippen LogP contribution in [0.15, 0.2) is 35.7 Å². The molecule has 0 aliphatic carbocycles. The fraction of sp³-hybridized carbons (Fsp3) is 0.182. The second kappa shape index (κ2) is 3.90. The maximum atomic E-state index is 9.95. The van der Waals surface area contributed by atoms with Gasteiger partial charge in [-0.05, 0) is 12.5 Å². The zero-order chi connectivity index (χ0) is 9.97. The SMILES string of the molecule is Cc1csc(C(O)c2ccccc2)n1. The molecule has 0 saturated carbocycles. The van der Waals surface area contributed by atoms with Gasteiger partial charge in [-0.15, -0.1) is 11.3 Å². The van der Waals surface area contributed by atoms with Crippen LogP contribution in [0.1, 0.15) is 22.4 Å². The molecule has 14 heavy (non-hydrogen) atoms. The largest absolute Gasteiger partial charge is 0.381 e. The molecule has 1 unspecified atom stereocenters. The lowest BCUT2D eigenvalue weighted by Crippen LogP contribution is -1.98. The Morgan fingerprint density at radius 1 is 1.29 bits per heavy atom. The number of benzene rings is 1. The molecule has 0 amide bonds. The van der Waals surface area contributed by atoms with E-state index in [-0.39, 0.29) is 0 Å². The molecule has 1 atom stereocenters. The highest BCUT2D eigenvalue weighted by atomic mass is 32.1. The summed E-state index contributed by atoms with van der Waals surface area (Å²) in [6.45, 7) is 1.93. The first kappa shape index (κ1) is 9.37. The first-order chi connectivity index (χ1) is 6.77. The van der Waals surface area contributed by atoms with E-state index in [0.29, 0.717) is 0 Å². The summed E-state index contributed by atoms with van der Waals surface area (Å²) >= 11 is 1.49. The number of hydrogen-bond donors (Lipinski definition) is 1. The topological polar surface area (TPSA) is 33.1 Å². The number of thiazole rings is 1. The molecule has 0 aliphatic heterocycles. The predicted molar refractivity (Wildman–Crippen MR) is 57.4 cm³/mol. The molecule has 0 aliphatic rings. The van der Waals surface area contributed by atoms with Crippen LogP contribution >= 0.6 is 11.3 Å². The highest BCUT2D eigenvalue weighted by molar-refractivity contribution is 7.09. The number of rotatable bonds is 2. The molecule has 1 aromatic carbocycles.